The summed E-state index contributed by atoms with van der Waals surface area (Å²) in [6, 6.07) is 7.40. The minimum absolute atomic E-state index is 0.147. The van der Waals surface area contributed by atoms with Gasteiger partial charge in [0.15, 0.2) is 17.6 Å². The zero-order valence-electron chi connectivity index (χ0n) is 11.9. The van der Waals surface area contributed by atoms with Gasteiger partial charge in [-0.3, -0.25) is 0 Å². The van der Waals surface area contributed by atoms with Crippen LogP contribution in [-0.4, -0.2) is 31.8 Å². The second-order valence-corrected chi connectivity index (χ2v) is 4.84. The van der Waals surface area contributed by atoms with Crippen LogP contribution in [-0.2, 0) is 0 Å². The van der Waals surface area contributed by atoms with E-state index in [0.717, 1.165) is 30.8 Å². The number of ether oxygens (including phenoxy) is 2. The largest absolute Gasteiger partial charge is 0.486 e. The van der Waals surface area contributed by atoms with Gasteiger partial charge < -0.3 is 20.1 Å². The van der Waals surface area contributed by atoms with E-state index in [1.807, 2.05) is 24.3 Å². The molecule has 2 amide bonds. The zero-order chi connectivity index (χ0) is 14.2. The highest BCUT2D eigenvalue weighted by Gasteiger charge is 2.20. The summed E-state index contributed by atoms with van der Waals surface area (Å²) in [4.78, 5) is 11.6. The van der Waals surface area contributed by atoms with Crippen LogP contribution in [0.1, 0.15) is 26.2 Å². The summed E-state index contributed by atoms with van der Waals surface area (Å²) in [5, 5.41) is 5.63. The maximum Gasteiger partial charge on any atom is 0.314 e. The van der Waals surface area contributed by atoms with E-state index in [2.05, 4.69) is 17.6 Å². The molecule has 5 nitrogen and oxygen atoms in total. The third-order valence-electron chi connectivity index (χ3n) is 3.12. The number of rotatable bonds is 6. The third-order valence-corrected chi connectivity index (χ3v) is 3.12. The van der Waals surface area contributed by atoms with Gasteiger partial charge >= 0.3 is 6.03 Å². The Labute approximate surface area is 119 Å². The molecule has 1 atom stereocenters. The number of fused-ring (bicyclic) bond motifs is 1. The molecule has 1 heterocycles. The number of amides is 2. The summed E-state index contributed by atoms with van der Waals surface area (Å²) in [5.74, 6) is 1.49. The molecule has 0 saturated carbocycles. The topological polar surface area (TPSA) is 59.6 Å². The van der Waals surface area contributed by atoms with Crippen molar-refractivity contribution in [2.24, 2.45) is 0 Å². The first-order chi connectivity index (χ1) is 9.79. The van der Waals surface area contributed by atoms with Crippen molar-refractivity contribution in [3.63, 3.8) is 0 Å². The highest BCUT2D eigenvalue weighted by atomic mass is 16.6. The lowest BCUT2D eigenvalue weighted by molar-refractivity contribution is 0.0918. The Morgan fingerprint density at radius 3 is 2.85 bits per heavy atom. The maximum absolute atomic E-state index is 11.6. The highest BCUT2D eigenvalue weighted by molar-refractivity contribution is 5.73. The van der Waals surface area contributed by atoms with Crippen molar-refractivity contribution >= 4 is 6.03 Å². The molecule has 2 N–H and O–H groups in total. The number of benzene rings is 1. The Kier molecular flexibility index (Phi) is 5.53. The van der Waals surface area contributed by atoms with Gasteiger partial charge in [0.1, 0.15) is 6.61 Å². The summed E-state index contributed by atoms with van der Waals surface area (Å²) in [7, 11) is 0. The lowest BCUT2D eigenvalue weighted by Crippen LogP contribution is -2.44. The van der Waals surface area contributed by atoms with E-state index in [4.69, 9.17) is 9.47 Å². The second-order valence-electron chi connectivity index (χ2n) is 4.84. The van der Waals surface area contributed by atoms with Crippen molar-refractivity contribution in [3.8, 4) is 11.5 Å². The molecule has 0 saturated heterocycles. The second kappa shape index (κ2) is 7.62. The summed E-state index contributed by atoms with van der Waals surface area (Å²) >= 11 is 0. The van der Waals surface area contributed by atoms with Gasteiger partial charge in [-0.1, -0.05) is 31.9 Å². The minimum Gasteiger partial charge on any atom is -0.486 e. The molecule has 0 radical (unpaired) electrons. The number of hydrogen-bond donors (Lipinski definition) is 2. The van der Waals surface area contributed by atoms with E-state index in [1.54, 1.807) is 0 Å². The van der Waals surface area contributed by atoms with E-state index in [1.165, 1.54) is 0 Å². The molecule has 2 rings (SSSR count). The number of carbonyl (C=O) groups excluding carboxylic acids is 1. The quantitative estimate of drug-likeness (QED) is 0.785. The molecule has 5 heteroatoms. The number of carbonyl (C=O) groups is 1. The lowest BCUT2D eigenvalue weighted by Gasteiger charge is -2.26. The van der Waals surface area contributed by atoms with E-state index in [0.29, 0.717) is 19.7 Å². The molecule has 0 bridgehead atoms. The SMILES string of the molecule is CCCCCNC(=O)NC[C@H]1COc2ccccc2O1. The average molecular weight is 278 g/mol. The highest BCUT2D eigenvalue weighted by Crippen LogP contribution is 2.30. The molecular weight excluding hydrogens is 256 g/mol. The van der Waals surface area contributed by atoms with Crippen LogP contribution in [0.15, 0.2) is 24.3 Å². The summed E-state index contributed by atoms with van der Waals surface area (Å²) in [5.41, 5.74) is 0. The number of unbranched alkanes of at least 4 members (excludes halogenated alkanes) is 2. The Morgan fingerprint density at radius 2 is 2.05 bits per heavy atom. The van der Waals surface area contributed by atoms with Gasteiger partial charge in [-0.2, -0.15) is 0 Å². The normalized spacial score (nSPS) is 16.6. The van der Waals surface area contributed by atoms with Gasteiger partial charge in [0, 0.05) is 6.54 Å². The monoisotopic (exact) mass is 278 g/mol. The number of nitrogens with one attached hydrogen (secondary N) is 2. The Bertz CT molecular complexity index is 437. The van der Waals surface area contributed by atoms with E-state index < -0.39 is 0 Å². The van der Waals surface area contributed by atoms with Crippen molar-refractivity contribution in [1.82, 2.24) is 10.6 Å². The van der Waals surface area contributed by atoms with Crippen LogP contribution in [0.3, 0.4) is 0 Å². The first-order valence-corrected chi connectivity index (χ1v) is 7.19. The smallest absolute Gasteiger partial charge is 0.314 e. The van der Waals surface area contributed by atoms with Crippen molar-refractivity contribution in [3.05, 3.63) is 24.3 Å². The van der Waals surface area contributed by atoms with Crippen LogP contribution in [0.25, 0.3) is 0 Å². The first kappa shape index (κ1) is 14.5. The summed E-state index contributed by atoms with van der Waals surface area (Å²) < 4.78 is 11.3. The number of hydrogen-bond acceptors (Lipinski definition) is 3. The lowest BCUT2D eigenvalue weighted by atomic mass is 10.2. The predicted octanol–water partition coefficient (Wildman–Crippen LogP) is 2.32. The molecule has 110 valence electrons. The molecule has 1 aliphatic heterocycles. The van der Waals surface area contributed by atoms with Gasteiger partial charge in [0.05, 0.1) is 6.54 Å². The molecule has 0 unspecified atom stereocenters. The van der Waals surface area contributed by atoms with Crippen LogP contribution in [0.5, 0.6) is 11.5 Å². The van der Waals surface area contributed by atoms with Crippen molar-refractivity contribution in [2.75, 3.05) is 19.7 Å². The van der Waals surface area contributed by atoms with Gasteiger partial charge in [0.2, 0.25) is 0 Å². The molecule has 0 aromatic heterocycles. The Morgan fingerprint density at radius 1 is 1.25 bits per heavy atom. The summed E-state index contributed by atoms with van der Waals surface area (Å²) in [6.07, 6.45) is 3.15. The Hall–Kier alpha value is -1.91. The molecule has 1 aromatic carbocycles. The fourth-order valence-electron chi connectivity index (χ4n) is 2.01. The van der Waals surface area contributed by atoms with Crippen LogP contribution in [0, 0.1) is 0 Å². The van der Waals surface area contributed by atoms with E-state index >= 15 is 0 Å². The zero-order valence-corrected chi connectivity index (χ0v) is 11.9. The fourth-order valence-corrected chi connectivity index (χ4v) is 2.01. The molecule has 0 fully saturated rings. The average Bonchev–Trinajstić information content (AvgIpc) is 2.49. The van der Waals surface area contributed by atoms with Crippen LogP contribution >= 0.6 is 0 Å². The van der Waals surface area contributed by atoms with Gasteiger partial charge in [-0.05, 0) is 18.6 Å². The fraction of sp³-hybridized carbons (Fsp3) is 0.533. The van der Waals surface area contributed by atoms with Crippen LogP contribution < -0.4 is 20.1 Å². The molecular formula is C15H22N2O3. The number of urea groups is 1. The van der Waals surface area contributed by atoms with Crippen LogP contribution in [0.2, 0.25) is 0 Å². The van der Waals surface area contributed by atoms with E-state index in [-0.39, 0.29) is 12.1 Å². The molecule has 1 aromatic rings. The van der Waals surface area contributed by atoms with Crippen molar-refractivity contribution < 1.29 is 14.3 Å². The first-order valence-electron chi connectivity index (χ1n) is 7.19. The van der Waals surface area contributed by atoms with E-state index in [9.17, 15) is 4.79 Å². The van der Waals surface area contributed by atoms with Gasteiger partial charge in [0.25, 0.3) is 0 Å². The van der Waals surface area contributed by atoms with Crippen molar-refractivity contribution in [2.45, 2.75) is 32.3 Å². The number of para-hydroxylation sites is 2. The molecule has 0 spiro atoms. The molecule has 20 heavy (non-hydrogen) atoms. The summed E-state index contributed by atoms with van der Waals surface area (Å²) in [6.45, 7) is 3.74. The minimum atomic E-state index is -0.149. The third kappa shape index (κ3) is 4.33. The predicted molar refractivity (Wildman–Crippen MR) is 77.3 cm³/mol. The van der Waals surface area contributed by atoms with Gasteiger partial charge in [-0.15, -0.1) is 0 Å². The van der Waals surface area contributed by atoms with Crippen molar-refractivity contribution in [1.29, 1.82) is 0 Å². The van der Waals surface area contributed by atoms with Gasteiger partial charge in [-0.25, -0.2) is 4.79 Å². The van der Waals surface area contributed by atoms with Crippen LogP contribution in [0.4, 0.5) is 4.79 Å². The standard InChI is InChI=1S/C15H22N2O3/c1-2-3-6-9-16-15(18)17-10-12-11-19-13-7-4-5-8-14(13)20-12/h4-5,7-8,12H,2-3,6,9-11H2,1H3,(H2,16,17,18)/t12-/m0/s1. The Balaban J connectivity index is 1.67. The molecule has 0 aliphatic carbocycles. The maximum atomic E-state index is 11.6. The molecule has 1 aliphatic rings.